The minimum Gasteiger partial charge on any atom is -0.307 e. The molecule has 0 spiro atoms. The summed E-state index contributed by atoms with van der Waals surface area (Å²) in [6.07, 6.45) is 3.48. The highest BCUT2D eigenvalue weighted by atomic mass is 15.2. The van der Waals surface area contributed by atoms with E-state index in [1.807, 2.05) is 29.1 Å². The number of benzene rings is 5. The van der Waals surface area contributed by atoms with Gasteiger partial charge in [-0.2, -0.15) is 0 Å². The smallest absolute Gasteiger partial charge is 0.170 e. The molecule has 4 aromatic heterocycles. The molecule has 0 fully saturated rings. The maximum atomic E-state index is 4.89. The summed E-state index contributed by atoms with van der Waals surface area (Å²) in [7, 11) is 0. The van der Waals surface area contributed by atoms with Gasteiger partial charge in [-0.25, -0.2) is 15.0 Å². The third-order valence-electron chi connectivity index (χ3n) is 8.04. The van der Waals surface area contributed by atoms with E-state index in [1.54, 1.807) is 6.33 Å². The van der Waals surface area contributed by atoms with Gasteiger partial charge in [0.25, 0.3) is 0 Å². The summed E-state index contributed by atoms with van der Waals surface area (Å²) < 4.78 is 6.67. The van der Waals surface area contributed by atoms with E-state index in [2.05, 4.69) is 117 Å². The lowest BCUT2D eigenvalue weighted by atomic mass is 10.1. The molecule has 41 heavy (non-hydrogen) atoms. The SMILES string of the molecule is c1ccc(-n2cnc3c(-n4c5ccccc5c5ccc6c7ccccc7n(-c7ccccc7)c6c54)ncnc32)cc1. The van der Waals surface area contributed by atoms with Crippen LogP contribution in [0, 0.1) is 0 Å². The molecule has 9 rings (SSSR count). The fourth-order valence-electron chi connectivity index (χ4n) is 6.33. The van der Waals surface area contributed by atoms with E-state index in [0.717, 1.165) is 44.9 Å². The largest absolute Gasteiger partial charge is 0.307 e. The van der Waals surface area contributed by atoms with Crippen LogP contribution in [-0.4, -0.2) is 28.7 Å². The summed E-state index contributed by atoms with van der Waals surface area (Å²) >= 11 is 0. The van der Waals surface area contributed by atoms with E-state index in [-0.39, 0.29) is 0 Å². The van der Waals surface area contributed by atoms with E-state index >= 15 is 0 Å². The van der Waals surface area contributed by atoms with Gasteiger partial charge < -0.3 is 4.57 Å². The van der Waals surface area contributed by atoms with Crippen molar-refractivity contribution in [2.24, 2.45) is 0 Å². The summed E-state index contributed by atoms with van der Waals surface area (Å²) in [5.41, 5.74) is 8.12. The lowest BCUT2D eigenvalue weighted by Gasteiger charge is -2.12. The summed E-state index contributed by atoms with van der Waals surface area (Å²) in [6.45, 7) is 0. The highest BCUT2D eigenvalue weighted by Crippen LogP contribution is 2.41. The second kappa shape index (κ2) is 8.37. The van der Waals surface area contributed by atoms with Crippen LogP contribution in [0.2, 0.25) is 0 Å². The molecule has 6 heteroatoms. The molecule has 192 valence electrons. The van der Waals surface area contributed by atoms with E-state index in [9.17, 15) is 0 Å². The number of fused-ring (bicyclic) bond motifs is 8. The second-order valence-corrected chi connectivity index (χ2v) is 10.2. The molecule has 0 bridgehead atoms. The number of hydrogen-bond acceptors (Lipinski definition) is 3. The Hall–Kier alpha value is -5.75. The normalized spacial score (nSPS) is 11.9. The summed E-state index contributed by atoms with van der Waals surface area (Å²) in [5.74, 6) is 0.758. The van der Waals surface area contributed by atoms with Crippen LogP contribution in [0.5, 0.6) is 0 Å². The first kappa shape index (κ1) is 22.1. The van der Waals surface area contributed by atoms with E-state index in [4.69, 9.17) is 9.97 Å². The van der Waals surface area contributed by atoms with Gasteiger partial charge in [0.05, 0.1) is 22.1 Å². The fourth-order valence-corrected chi connectivity index (χ4v) is 6.33. The number of imidazole rings is 1. The zero-order chi connectivity index (χ0) is 26.9. The van der Waals surface area contributed by atoms with Crippen LogP contribution in [0.15, 0.2) is 134 Å². The van der Waals surface area contributed by atoms with Crippen LogP contribution >= 0.6 is 0 Å². The van der Waals surface area contributed by atoms with E-state index in [1.165, 1.54) is 27.1 Å². The van der Waals surface area contributed by atoms with Gasteiger partial charge in [-0.15, -0.1) is 0 Å². The van der Waals surface area contributed by atoms with Crippen molar-refractivity contribution in [2.45, 2.75) is 0 Å². The van der Waals surface area contributed by atoms with Gasteiger partial charge >= 0.3 is 0 Å². The topological polar surface area (TPSA) is 53.5 Å². The fraction of sp³-hybridized carbons (Fsp3) is 0. The molecule has 0 amide bonds. The number of rotatable bonds is 3. The van der Waals surface area contributed by atoms with Gasteiger partial charge in [-0.05, 0) is 36.4 Å². The highest BCUT2D eigenvalue weighted by Gasteiger charge is 2.23. The molecule has 5 aromatic carbocycles. The maximum Gasteiger partial charge on any atom is 0.170 e. The van der Waals surface area contributed by atoms with E-state index < -0.39 is 0 Å². The molecular weight excluding hydrogens is 504 g/mol. The number of aromatic nitrogens is 6. The number of nitrogens with zero attached hydrogens (tertiary/aromatic N) is 6. The van der Waals surface area contributed by atoms with Crippen LogP contribution in [0.25, 0.3) is 72.0 Å². The van der Waals surface area contributed by atoms with Gasteiger partial charge in [-0.3, -0.25) is 9.13 Å². The number of para-hydroxylation sites is 4. The van der Waals surface area contributed by atoms with Gasteiger partial charge in [0.1, 0.15) is 12.7 Å². The quantitative estimate of drug-likeness (QED) is 0.234. The van der Waals surface area contributed by atoms with Crippen LogP contribution in [0.1, 0.15) is 0 Å². The Morgan fingerprint density at radius 3 is 1.68 bits per heavy atom. The van der Waals surface area contributed by atoms with Crippen LogP contribution in [0.3, 0.4) is 0 Å². The Morgan fingerprint density at radius 1 is 0.439 bits per heavy atom. The summed E-state index contributed by atoms with van der Waals surface area (Å²) in [5, 5.41) is 4.75. The van der Waals surface area contributed by atoms with Crippen molar-refractivity contribution in [3.63, 3.8) is 0 Å². The molecule has 0 radical (unpaired) electrons. The minimum atomic E-state index is 0.749. The average Bonchev–Trinajstić information content (AvgIpc) is 3.72. The van der Waals surface area contributed by atoms with E-state index in [0.29, 0.717) is 0 Å². The Balaban J connectivity index is 1.49. The predicted octanol–water partition coefficient (Wildman–Crippen LogP) is 8.01. The van der Waals surface area contributed by atoms with Crippen molar-refractivity contribution in [3.8, 4) is 17.2 Å². The van der Waals surface area contributed by atoms with Crippen molar-refractivity contribution in [1.29, 1.82) is 0 Å². The maximum absolute atomic E-state index is 4.89. The first-order valence-electron chi connectivity index (χ1n) is 13.6. The summed E-state index contributed by atoms with van der Waals surface area (Å²) in [6, 6.07) is 42.4. The standard InChI is InChI=1S/C35H22N6/c1-3-11-23(12-4-1)39-22-38-31-34(39)36-21-37-35(31)41-30-18-10-8-16-26(30)28-20-19-27-25-15-7-9-17-29(25)40(32(27)33(28)41)24-13-5-2-6-14-24/h1-22H. The monoisotopic (exact) mass is 526 g/mol. The zero-order valence-corrected chi connectivity index (χ0v) is 21.9. The van der Waals surface area contributed by atoms with Crippen molar-refractivity contribution in [3.05, 3.63) is 134 Å². The van der Waals surface area contributed by atoms with Gasteiger partial charge in [0, 0.05) is 32.9 Å². The second-order valence-electron chi connectivity index (χ2n) is 10.2. The molecule has 0 N–H and O–H groups in total. The first-order valence-corrected chi connectivity index (χ1v) is 13.6. The third kappa shape index (κ3) is 3.04. The molecule has 9 aromatic rings. The molecule has 0 aliphatic carbocycles. The molecule has 0 unspecified atom stereocenters. The lowest BCUT2D eigenvalue weighted by molar-refractivity contribution is 1.04. The van der Waals surface area contributed by atoms with Crippen LogP contribution in [-0.2, 0) is 0 Å². The Kier molecular flexibility index (Phi) is 4.51. The Labute approximate surface area is 234 Å². The zero-order valence-electron chi connectivity index (χ0n) is 21.9. The molecule has 0 aliphatic heterocycles. The molecule has 0 saturated carbocycles. The Morgan fingerprint density at radius 2 is 1.00 bits per heavy atom. The number of hydrogen-bond donors (Lipinski definition) is 0. The van der Waals surface area contributed by atoms with Crippen molar-refractivity contribution >= 4 is 54.8 Å². The first-order chi connectivity index (χ1) is 20.4. The Bertz CT molecular complexity index is 2410. The van der Waals surface area contributed by atoms with Crippen molar-refractivity contribution in [2.75, 3.05) is 0 Å². The van der Waals surface area contributed by atoms with Crippen LogP contribution in [0.4, 0.5) is 0 Å². The molecule has 0 aliphatic rings. The molecule has 4 heterocycles. The molecule has 0 atom stereocenters. The molecule has 6 nitrogen and oxygen atoms in total. The van der Waals surface area contributed by atoms with Gasteiger partial charge in [-0.1, -0.05) is 84.9 Å². The van der Waals surface area contributed by atoms with Gasteiger partial charge in [0.2, 0.25) is 0 Å². The molecule has 0 saturated heterocycles. The van der Waals surface area contributed by atoms with Gasteiger partial charge in [0.15, 0.2) is 17.0 Å². The highest BCUT2D eigenvalue weighted by molar-refractivity contribution is 6.24. The lowest BCUT2D eigenvalue weighted by Crippen LogP contribution is -2.02. The predicted molar refractivity (Wildman–Crippen MR) is 165 cm³/mol. The third-order valence-corrected chi connectivity index (χ3v) is 8.04. The average molecular weight is 527 g/mol. The molecular formula is C35H22N6. The van der Waals surface area contributed by atoms with Crippen molar-refractivity contribution in [1.82, 2.24) is 28.7 Å². The summed E-state index contributed by atoms with van der Waals surface area (Å²) in [4.78, 5) is 14.4. The minimum absolute atomic E-state index is 0.749. The van der Waals surface area contributed by atoms with Crippen LogP contribution < -0.4 is 0 Å². The van der Waals surface area contributed by atoms with Crippen molar-refractivity contribution < 1.29 is 0 Å².